The van der Waals surface area contributed by atoms with Crippen molar-refractivity contribution >= 4 is 29.6 Å². The van der Waals surface area contributed by atoms with Crippen molar-refractivity contribution < 1.29 is 28.3 Å². The standard InChI is InChI=1S/C25H23N5O6/c1-15-16(2)29(13-19-4-3-9-35-19)23(20(15)10-26)28-21(31)14-36-24(33)18-7-5-17(6-8-18)12-30-22(32)11-27-25(30)34/h3-9H,11-14H2,1-2H3,(H,27,34)(H,28,31). The Morgan fingerprint density at radius 2 is 1.92 bits per heavy atom. The van der Waals surface area contributed by atoms with Crippen molar-refractivity contribution in [2.45, 2.75) is 26.9 Å². The molecule has 11 heteroatoms. The molecule has 11 nitrogen and oxygen atoms in total. The molecular formula is C25H23N5O6. The normalized spacial score (nSPS) is 12.9. The van der Waals surface area contributed by atoms with Crippen molar-refractivity contribution in [1.82, 2.24) is 14.8 Å². The van der Waals surface area contributed by atoms with Crippen molar-refractivity contribution in [2.24, 2.45) is 0 Å². The lowest BCUT2D eigenvalue weighted by atomic mass is 10.1. The summed E-state index contributed by atoms with van der Waals surface area (Å²) in [6.07, 6.45) is 1.54. The molecule has 1 aliphatic heterocycles. The van der Waals surface area contributed by atoms with Crippen LogP contribution in [0.1, 0.15) is 38.5 Å². The number of ether oxygens (including phenoxy) is 1. The number of amides is 4. The highest BCUT2D eigenvalue weighted by molar-refractivity contribution is 6.02. The van der Waals surface area contributed by atoms with Gasteiger partial charge in [0.05, 0.1) is 37.0 Å². The average Bonchev–Trinajstić information content (AvgIpc) is 3.56. The molecule has 2 N–H and O–H groups in total. The Morgan fingerprint density at radius 1 is 1.17 bits per heavy atom. The van der Waals surface area contributed by atoms with Gasteiger partial charge >= 0.3 is 12.0 Å². The Morgan fingerprint density at radius 3 is 2.53 bits per heavy atom. The molecule has 2 aromatic heterocycles. The van der Waals surface area contributed by atoms with Crippen LogP contribution in [0.15, 0.2) is 47.1 Å². The second-order valence-corrected chi connectivity index (χ2v) is 8.17. The summed E-state index contributed by atoms with van der Waals surface area (Å²) in [6, 6.07) is 11.4. The minimum absolute atomic E-state index is 0.0339. The second-order valence-electron chi connectivity index (χ2n) is 8.17. The number of nitrogens with zero attached hydrogens (tertiary/aromatic N) is 3. The molecule has 184 valence electrons. The van der Waals surface area contributed by atoms with Crippen molar-refractivity contribution in [3.63, 3.8) is 0 Å². The molecule has 1 saturated heterocycles. The fourth-order valence-corrected chi connectivity index (χ4v) is 3.81. The van der Waals surface area contributed by atoms with Crippen LogP contribution in [0, 0.1) is 25.2 Å². The molecule has 3 heterocycles. The number of imide groups is 1. The highest BCUT2D eigenvalue weighted by Gasteiger charge is 2.28. The third-order valence-corrected chi connectivity index (χ3v) is 5.89. The summed E-state index contributed by atoms with van der Waals surface area (Å²) in [5, 5.41) is 14.7. The number of carbonyl (C=O) groups is 4. The van der Waals surface area contributed by atoms with Crippen LogP contribution in [0.25, 0.3) is 0 Å². The molecule has 0 atom stereocenters. The maximum atomic E-state index is 12.6. The van der Waals surface area contributed by atoms with Crippen LogP contribution >= 0.6 is 0 Å². The van der Waals surface area contributed by atoms with E-state index in [4.69, 9.17) is 9.15 Å². The van der Waals surface area contributed by atoms with Gasteiger partial charge in [-0.15, -0.1) is 0 Å². The molecule has 4 amide bonds. The zero-order valence-electron chi connectivity index (χ0n) is 19.7. The van der Waals surface area contributed by atoms with Gasteiger partial charge in [-0.1, -0.05) is 12.1 Å². The lowest BCUT2D eigenvalue weighted by molar-refractivity contribution is -0.125. The Bertz CT molecular complexity index is 1350. The molecule has 1 fully saturated rings. The Balaban J connectivity index is 1.38. The Kier molecular flexibility index (Phi) is 6.87. The van der Waals surface area contributed by atoms with E-state index < -0.39 is 24.5 Å². The van der Waals surface area contributed by atoms with Crippen LogP contribution in [0.4, 0.5) is 10.6 Å². The first-order valence-corrected chi connectivity index (χ1v) is 11.0. The first-order chi connectivity index (χ1) is 17.3. The highest BCUT2D eigenvalue weighted by Crippen LogP contribution is 2.27. The Hall–Kier alpha value is -4.85. The molecule has 4 rings (SSSR count). The van der Waals surface area contributed by atoms with E-state index in [0.29, 0.717) is 29.2 Å². The van der Waals surface area contributed by atoms with E-state index in [-0.39, 0.29) is 24.6 Å². The van der Waals surface area contributed by atoms with Crippen LogP contribution < -0.4 is 10.6 Å². The number of furan rings is 1. The van der Waals surface area contributed by atoms with Gasteiger partial charge in [0, 0.05) is 5.69 Å². The fourth-order valence-electron chi connectivity index (χ4n) is 3.81. The van der Waals surface area contributed by atoms with Gasteiger partial charge in [0.2, 0.25) is 5.91 Å². The SMILES string of the molecule is Cc1c(C#N)c(NC(=O)COC(=O)c2ccc(CN3C(=O)CNC3=O)cc2)n(Cc2ccco2)c1C. The first kappa shape index (κ1) is 24.3. The molecule has 1 aromatic carbocycles. The third kappa shape index (κ3) is 4.97. The number of aromatic nitrogens is 1. The van der Waals surface area contributed by atoms with E-state index in [2.05, 4.69) is 16.7 Å². The summed E-state index contributed by atoms with van der Waals surface area (Å²) in [5.41, 5.74) is 2.70. The molecule has 0 unspecified atom stereocenters. The maximum absolute atomic E-state index is 12.6. The summed E-state index contributed by atoms with van der Waals surface area (Å²) in [6.45, 7) is 3.43. The van der Waals surface area contributed by atoms with E-state index in [1.54, 1.807) is 42.0 Å². The minimum atomic E-state index is -0.717. The van der Waals surface area contributed by atoms with Crippen LogP contribution in [-0.2, 0) is 27.4 Å². The van der Waals surface area contributed by atoms with Crippen LogP contribution in [0.5, 0.6) is 0 Å². The molecule has 0 bridgehead atoms. The van der Waals surface area contributed by atoms with Gasteiger partial charge in [-0.2, -0.15) is 5.26 Å². The average molecular weight is 489 g/mol. The van der Waals surface area contributed by atoms with Gasteiger partial charge in [-0.05, 0) is 49.2 Å². The molecular weight excluding hydrogens is 466 g/mol. The van der Waals surface area contributed by atoms with E-state index in [1.807, 2.05) is 6.92 Å². The number of rotatable bonds is 8. The molecule has 0 saturated carbocycles. The summed E-state index contributed by atoms with van der Waals surface area (Å²) >= 11 is 0. The van der Waals surface area contributed by atoms with Gasteiger partial charge in [0.15, 0.2) is 6.61 Å². The Labute approximate surface area is 206 Å². The number of hydrogen-bond donors (Lipinski definition) is 2. The number of benzene rings is 1. The van der Waals surface area contributed by atoms with Crippen LogP contribution in [0.2, 0.25) is 0 Å². The van der Waals surface area contributed by atoms with Gasteiger partial charge in [0.1, 0.15) is 17.6 Å². The number of anilines is 1. The zero-order chi connectivity index (χ0) is 25.8. The van der Waals surface area contributed by atoms with Crippen LogP contribution in [-0.4, -0.2) is 46.4 Å². The van der Waals surface area contributed by atoms with E-state index in [1.165, 1.54) is 12.1 Å². The van der Waals surface area contributed by atoms with Crippen molar-refractivity contribution in [1.29, 1.82) is 5.26 Å². The lowest BCUT2D eigenvalue weighted by Crippen LogP contribution is -2.30. The second kappa shape index (κ2) is 10.2. The number of nitriles is 1. The zero-order valence-corrected chi connectivity index (χ0v) is 19.7. The summed E-state index contributed by atoms with van der Waals surface area (Å²) in [4.78, 5) is 49.5. The van der Waals surface area contributed by atoms with Crippen molar-refractivity contribution in [3.05, 3.63) is 76.4 Å². The fraction of sp³-hybridized carbons (Fsp3) is 0.240. The van der Waals surface area contributed by atoms with Crippen molar-refractivity contribution in [3.8, 4) is 6.07 Å². The molecule has 0 spiro atoms. The van der Waals surface area contributed by atoms with Gasteiger partial charge < -0.3 is 24.4 Å². The lowest BCUT2D eigenvalue weighted by Gasteiger charge is -2.13. The molecule has 3 aromatic rings. The van der Waals surface area contributed by atoms with E-state index >= 15 is 0 Å². The predicted octanol–water partition coefficient (Wildman–Crippen LogP) is 2.47. The third-order valence-electron chi connectivity index (χ3n) is 5.89. The number of urea groups is 1. The highest BCUT2D eigenvalue weighted by atomic mass is 16.5. The van der Waals surface area contributed by atoms with E-state index in [9.17, 15) is 24.4 Å². The molecule has 0 radical (unpaired) electrons. The number of nitrogens with one attached hydrogen (secondary N) is 2. The monoisotopic (exact) mass is 489 g/mol. The summed E-state index contributed by atoms with van der Waals surface area (Å²) < 4.78 is 12.3. The largest absolute Gasteiger partial charge is 0.467 e. The topological polar surface area (TPSA) is 147 Å². The minimum Gasteiger partial charge on any atom is -0.467 e. The van der Waals surface area contributed by atoms with E-state index in [0.717, 1.165) is 16.2 Å². The summed E-state index contributed by atoms with van der Waals surface area (Å²) in [5.74, 6) is -0.694. The first-order valence-electron chi connectivity index (χ1n) is 11.0. The summed E-state index contributed by atoms with van der Waals surface area (Å²) in [7, 11) is 0. The molecule has 36 heavy (non-hydrogen) atoms. The number of carbonyl (C=O) groups excluding carboxylic acids is 4. The van der Waals surface area contributed by atoms with Gasteiger partial charge in [-0.3, -0.25) is 14.5 Å². The maximum Gasteiger partial charge on any atom is 0.338 e. The smallest absolute Gasteiger partial charge is 0.338 e. The van der Waals surface area contributed by atoms with Crippen molar-refractivity contribution in [2.75, 3.05) is 18.5 Å². The quantitative estimate of drug-likeness (QED) is 0.365. The van der Waals surface area contributed by atoms with Gasteiger partial charge in [-0.25, -0.2) is 9.59 Å². The van der Waals surface area contributed by atoms with Crippen LogP contribution in [0.3, 0.4) is 0 Å². The number of hydrogen-bond acceptors (Lipinski definition) is 7. The van der Waals surface area contributed by atoms with Gasteiger partial charge in [0.25, 0.3) is 5.91 Å². The predicted molar refractivity (Wildman–Crippen MR) is 126 cm³/mol. The molecule has 1 aliphatic rings. The number of esters is 1. The molecule has 0 aliphatic carbocycles.